The summed E-state index contributed by atoms with van der Waals surface area (Å²) in [4.78, 5) is 11.9. The van der Waals surface area contributed by atoms with E-state index in [1.807, 2.05) is 24.3 Å². The van der Waals surface area contributed by atoms with Gasteiger partial charge in [-0.25, -0.2) is 4.79 Å². The van der Waals surface area contributed by atoms with Crippen molar-refractivity contribution >= 4 is 6.03 Å². The molecular weight excluding hydrogens is 304 g/mol. The maximum atomic E-state index is 11.9. The third-order valence-corrected chi connectivity index (χ3v) is 5.12. The largest absolute Gasteiger partial charge is 0.490 e. The van der Waals surface area contributed by atoms with Crippen molar-refractivity contribution < 1.29 is 14.6 Å². The number of ether oxygens (including phenoxy) is 1. The molecule has 0 saturated heterocycles. The summed E-state index contributed by atoms with van der Waals surface area (Å²) < 4.78 is 6.06. The second kappa shape index (κ2) is 7.88. The van der Waals surface area contributed by atoms with Crippen LogP contribution in [0.5, 0.6) is 5.75 Å². The van der Waals surface area contributed by atoms with Crippen LogP contribution in [-0.2, 0) is 6.54 Å². The van der Waals surface area contributed by atoms with E-state index in [9.17, 15) is 9.90 Å². The Balaban J connectivity index is 1.43. The number of benzene rings is 1. The van der Waals surface area contributed by atoms with Crippen molar-refractivity contribution in [1.29, 1.82) is 0 Å². The average Bonchev–Trinajstić information content (AvgIpc) is 3.40. The predicted molar refractivity (Wildman–Crippen MR) is 92.9 cm³/mol. The van der Waals surface area contributed by atoms with Crippen LogP contribution < -0.4 is 15.4 Å². The normalized spacial score (nSPS) is 19.5. The van der Waals surface area contributed by atoms with E-state index in [1.54, 1.807) is 0 Å². The first kappa shape index (κ1) is 17.1. The lowest BCUT2D eigenvalue weighted by molar-refractivity contribution is 0.155. The molecular formula is C19H28N2O3. The third-order valence-electron chi connectivity index (χ3n) is 5.12. The summed E-state index contributed by atoms with van der Waals surface area (Å²) in [5.41, 5.74) is 0.965. The van der Waals surface area contributed by atoms with E-state index >= 15 is 0 Å². The van der Waals surface area contributed by atoms with E-state index in [0.29, 0.717) is 19.2 Å². The first-order chi connectivity index (χ1) is 11.7. The Bertz CT molecular complexity index is 551. The molecule has 0 heterocycles. The smallest absolute Gasteiger partial charge is 0.315 e. The summed E-state index contributed by atoms with van der Waals surface area (Å²) in [6.45, 7) is 1.16. The number of hydrogen-bond acceptors (Lipinski definition) is 3. The number of aliphatic hydroxyl groups excluding tert-OH is 1. The van der Waals surface area contributed by atoms with Crippen LogP contribution in [-0.4, -0.2) is 30.4 Å². The first-order valence-corrected chi connectivity index (χ1v) is 9.07. The zero-order valence-electron chi connectivity index (χ0n) is 14.2. The lowest BCUT2D eigenvalue weighted by atomic mass is 9.98. The quantitative estimate of drug-likeness (QED) is 0.719. The van der Waals surface area contributed by atoms with E-state index in [2.05, 4.69) is 10.6 Å². The highest BCUT2D eigenvalue weighted by Gasteiger charge is 2.42. The SMILES string of the molecule is O=C(NCc1cccc(OC2CCCCC2)c1)NCC1(CO)CC1. The molecule has 2 fully saturated rings. The Labute approximate surface area is 143 Å². The van der Waals surface area contributed by atoms with Crippen LogP contribution in [0.4, 0.5) is 4.79 Å². The van der Waals surface area contributed by atoms with Crippen molar-refractivity contribution in [2.45, 2.75) is 57.6 Å². The second-order valence-corrected chi connectivity index (χ2v) is 7.22. The van der Waals surface area contributed by atoms with Crippen molar-refractivity contribution in [3.8, 4) is 5.75 Å². The summed E-state index contributed by atoms with van der Waals surface area (Å²) in [5, 5.41) is 15.0. The minimum Gasteiger partial charge on any atom is -0.490 e. The fourth-order valence-corrected chi connectivity index (χ4v) is 3.18. The summed E-state index contributed by atoms with van der Waals surface area (Å²) in [5.74, 6) is 0.888. The molecule has 5 heteroatoms. The number of hydrogen-bond donors (Lipinski definition) is 3. The van der Waals surface area contributed by atoms with Crippen molar-refractivity contribution in [2.24, 2.45) is 5.41 Å². The van der Waals surface area contributed by atoms with E-state index < -0.39 is 0 Å². The standard InChI is InChI=1S/C19H28N2O3/c22-14-19(9-10-19)13-21-18(23)20-12-15-5-4-8-17(11-15)24-16-6-2-1-3-7-16/h4-5,8,11,16,22H,1-3,6-7,9-10,12-14H2,(H2,20,21,23). The topological polar surface area (TPSA) is 70.6 Å². The van der Waals surface area contributed by atoms with Gasteiger partial charge in [0.1, 0.15) is 5.75 Å². The van der Waals surface area contributed by atoms with E-state index in [1.165, 1.54) is 19.3 Å². The average molecular weight is 332 g/mol. The van der Waals surface area contributed by atoms with Gasteiger partial charge in [-0.3, -0.25) is 0 Å². The van der Waals surface area contributed by atoms with Gasteiger partial charge in [0.15, 0.2) is 0 Å². The Morgan fingerprint density at radius 3 is 2.71 bits per heavy atom. The monoisotopic (exact) mass is 332 g/mol. The molecule has 132 valence electrons. The van der Waals surface area contributed by atoms with Gasteiger partial charge in [-0.15, -0.1) is 0 Å². The molecule has 0 unspecified atom stereocenters. The lowest BCUT2D eigenvalue weighted by Crippen LogP contribution is -2.39. The molecule has 2 aliphatic carbocycles. The van der Waals surface area contributed by atoms with Gasteiger partial charge in [0, 0.05) is 18.5 Å². The number of carbonyl (C=O) groups is 1. The molecule has 0 bridgehead atoms. The Morgan fingerprint density at radius 1 is 1.21 bits per heavy atom. The predicted octanol–water partition coefficient (Wildman–Crippen LogP) is 2.97. The van der Waals surface area contributed by atoms with Crippen LogP contribution in [0.15, 0.2) is 24.3 Å². The molecule has 2 aliphatic rings. The van der Waals surface area contributed by atoms with Crippen LogP contribution in [0.25, 0.3) is 0 Å². The van der Waals surface area contributed by atoms with Gasteiger partial charge >= 0.3 is 6.03 Å². The summed E-state index contributed by atoms with van der Waals surface area (Å²) in [6, 6.07) is 7.76. The Hall–Kier alpha value is -1.75. The second-order valence-electron chi connectivity index (χ2n) is 7.22. The third kappa shape index (κ3) is 4.87. The van der Waals surface area contributed by atoms with Crippen LogP contribution in [0.1, 0.15) is 50.5 Å². The molecule has 0 aliphatic heterocycles. The number of aliphatic hydroxyl groups is 1. The molecule has 0 spiro atoms. The summed E-state index contributed by atoms with van der Waals surface area (Å²) in [7, 11) is 0. The number of urea groups is 1. The van der Waals surface area contributed by atoms with Crippen LogP contribution in [0, 0.1) is 5.41 Å². The maximum absolute atomic E-state index is 11.9. The minimum absolute atomic E-state index is 0.0644. The van der Waals surface area contributed by atoms with Gasteiger partial charge in [-0.1, -0.05) is 18.6 Å². The Morgan fingerprint density at radius 2 is 2.00 bits per heavy atom. The van der Waals surface area contributed by atoms with Crippen LogP contribution in [0.3, 0.4) is 0 Å². The number of nitrogens with one attached hydrogen (secondary N) is 2. The molecule has 1 aromatic carbocycles. The van der Waals surface area contributed by atoms with Gasteiger partial charge in [-0.2, -0.15) is 0 Å². The highest BCUT2D eigenvalue weighted by atomic mass is 16.5. The molecule has 0 radical (unpaired) electrons. The van der Waals surface area contributed by atoms with Crippen molar-refractivity contribution in [1.82, 2.24) is 10.6 Å². The van der Waals surface area contributed by atoms with Gasteiger partial charge in [-0.05, 0) is 56.2 Å². The molecule has 24 heavy (non-hydrogen) atoms. The van der Waals surface area contributed by atoms with Crippen LogP contribution >= 0.6 is 0 Å². The lowest BCUT2D eigenvalue weighted by Gasteiger charge is -2.23. The summed E-state index contributed by atoms with van der Waals surface area (Å²) >= 11 is 0. The minimum atomic E-state index is -0.187. The Kier molecular flexibility index (Phi) is 5.61. The van der Waals surface area contributed by atoms with Crippen molar-refractivity contribution in [3.05, 3.63) is 29.8 Å². The van der Waals surface area contributed by atoms with Gasteiger partial charge in [0.25, 0.3) is 0 Å². The molecule has 2 amide bonds. The molecule has 1 aromatic rings. The number of amides is 2. The molecule has 3 rings (SSSR count). The van der Waals surface area contributed by atoms with E-state index in [4.69, 9.17) is 4.74 Å². The molecule has 5 nitrogen and oxygen atoms in total. The zero-order chi connectivity index (χ0) is 16.8. The van der Waals surface area contributed by atoms with Crippen molar-refractivity contribution in [2.75, 3.05) is 13.2 Å². The highest BCUT2D eigenvalue weighted by molar-refractivity contribution is 5.73. The molecule has 2 saturated carbocycles. The zero-order valence-corrected chi connectivity index (χ0v) is 14.2. The first-order valence-electron chi connectivity index (χ1n) is 9.07. The van der Waals surface area contributed by atoms with Crippen LogP contribution in [0.2, 0.25) is 0 Å². The van der Waals surface area contributed by atoms with Gasteiger partial charge in [0.05, 0.1) is 12.7 Å². The van der Waals surface area contributed by atoms with E-state index in [0.717, 1.165) is 37.0 Å². The fraction of sp³-hybridized carbons (Fsp3) is 0.632. The van der Waals surface area contributed by atoms with Gasteiger partial charge in [0.2, 0.25) is 0 Å². The van der Waals surface area contributed by atoms with Crippen molar-refractivity contribution in [3.63, 3.8) is 0 Å². The number of carbonyl (C=O) groups excluding carboxylic acids is 1. The highest BCUT2D eigenvalue weighted by Crippen LogP contribution is 2.44. The molecule has 3 N–H and O–H groups in total. The maximum Gasteiger partial charge on any atom is 0.315 e. The van der Waals surface area contributed by atoms with Gasteiger partial charge < -0.3 is 20.5 Å². The summed E-state index contributed by atoms with van der Waals surface area (Å²) in [6.07, 6.45) is 8.40. The fourth-order valence-electron chi connectivity index (χ4n) is 3.18. The number of rotatable bonds is 7. The molecule has 0 aromatic heterocycles. The van der Waals surface area contributed by atoms with E-state index in [-0.39, 0.29) is 18.1 Å². The molecule has 0 atom stereocenters.